The number of rotatable bonds is 3. The average molecular weight is 218 g/mol. The molecule has 1 heterocycles. The fraction of sp³-hybridized carbons (Fsp3) is 0.875. The van der Waals surface area contributed by atoms with Gasteiger partial charge in [-0.2, -0.15) is 17.4 Å². The predicted octanol–water partition coefficient (Wildman–Crippen LogP) is -0.352. The first-order chi connectivity index (χ1) is 6.58. The fourth-order valence-corrected chi connectivity index (χ4v) is 2.93. The molecule has 0 aromatic carbocycles. The molecule has 5 nitrogen and oxygen atoms in total. The molecule has 1 saturated carbocycles. The van der Waals surface area contributed by atoms with Crippen molar-refractivity contribution in [3.05, 3.63) is 0 Å². The summed E-state index contributed by atoms with van der Waals surface area (Å²) in [6, 6.07) is 0.137. The van der Waals surface area contributed by atoms with Crippen LogP contribution < -0.4 is 4.72 Å². The molecule has 0 amide bonds. The van der Waals surface area contributed by atoms with E-state index in [0.717, 1.165) is 12.8 Å². The molecule has 2 fully saturated rings. The number of carbonyl (C=O) groups excluding carboxylic acids is 1. The number of carbonyl (C=O) groups is 1. The van der Waals surface area contributed by atoms with Crippen LogP contribution in [0.3, 0.4) is 0 Å². The Kier molecular flexibility index (Phi) is 2.59. The summed E-state index contributed by atoms with van der Waals surface area (Å²) >= 11 is 0. The molecule has 1 saturated heterocycles. The third kappa shape index (κ3) is 2.31. The Morgan fingerprint density at radius 3 is 2.29 bits per heavy atom. The van der Waals surface area contributed by atoms with E-state index in [-0.39, 0.29) is 11.8 Å². The summed E-state index contributed by atoms with van der Waals surface area (Å²) in [6.07, 6.45) is 2.58. The molecule has 0 bridgehead atoms. The van der Waals surface area contributed by atoms with E-state index in [1.165, 1.54) is 4.31 Å². The van der Waals surface area contributed by atoms with Crippen LogP contribution in [0.1, 0.15) is 25.7 Å². The third-order valence-corrected chi connectivity index (χ3v) is 4.19. The second-order valence-electron chi connectivity index (χ2n) is 3.83. The zero-order chi connectivity index (χ0) is 10.2. The second-order valence-corrected chi connectivity index (χ2v) is 5.54. The predicted molar refractivity (Wildman–Crippen MR) is 50.9 cm³/mol. The van der Waals surface area contributed by atoms with Crippen molar-refractivity contribution in [3.8, 4) is 0 Å². The van der Waals surface area contributed by atoms with Crippen LogP contribution in [0.4, 0.5) is 0 Å². The maximum absolute atomic E-state index is 11.6. The third-order valence-electron chi connectivity index (χ3n) is 2.51. The number of hydrogen-bond acceptors (Lipinski definition) is 3. The first-order valence-corrected chi connectivity index (χ1v) is 6.31. The van der Waals surface area contributed by atoms with Crippen molar-refractivity contribution in [1.82, 2.24) is 9.03 Å². The van der Waals surface area contributed by atoms with Gasteiger partial charge in [-0.05, 0) is 12.8 Å². The topological polar surface area (TPSA) is 66.5 Å². The Morgan fingerprint density at radius 1 is 1.21 bits per heavy atom. The van der Waals surface area contributed by atoms with Crippen molar-refractivity contribution in [2.24, 2.45) is 0 Å². The number of nitrogens with zero attached hydrogens (tertiary/aromatic N) is 1. The summed E-state index contributed by atoms with van der Waals surface area (Å²) in [6.45, 7) is 0.668. The zero-order valence-corrected chi connectivity index (χ0v) is 8.72. The molecule has 1 N–H and O–H groups in total. The van der Waals surface area contributed by atoms with E-state index in [0.29, 0.717) is 25.9 Å². The van der Waals surface area contributed by atoms with Crippen LogP contribution in [0.15, 0.2) is 0 Å². The van der Waals surface area contributed by atoms with Crippen molar-refractivity contribution in [2.45, 2.75) is 31.7 Å². The van der Waals surface area contributed by atoms with E-state index < -0.39 is 10.2 Å². The minimum Gasteiger partial charge on any atom is -0.300 e. The molecular weight excluding hydrogens is 204 g/mol. The van der Waals surface area contributed by atoms with Crippen LogP contribution in [0.2, 0.25) is 0 Å². The summed E-state index contributed by atoms with van der Waals surface area (Å²) in [5.41, 5.74) is 0. The number of Topliss-reactive ketones (excluding diaryl/α,β-unsaturated/α-hetero) is 1. The number of ketones is 1. The largest absolute Gasteiger partial charge is 0.300 e. The first-order valence-electron chi connectivity index (χ1n) is 4.87. The van der Waals surface area contributed by atoms with Crippen molar-refractivity contribution >= 4 is 16.0 Å². The van der Waals surface area contributed by atoms with E-state index in [4.69, 9.17) is 0 Å². The van der Waals surface area contributed by atoms with Gasteiger partial charge in [-0.25, -0.2) is 0 Å². The van der Waals surface area contributed by atoms with Crippen LogP contribution in [0, 0.1) is 0 Å². The molecule has 6 heteroatoms. The molecule has 0 radical (unpaired) electrons. The normalized spacial score (nSPS) is 25.3. The Labute approximate surface area is 83.6 Å². The lowest BCUT2D eigenvalue weighted by molar-refractivity contribution is -0.120. The lowest BCUT2D eigenvalue weighted by Crippen LogP contribution is -2.45. The first kappa shape index (κ1) is 10.1. The fourth-order valence-electron chi connectivity index (χ4n) is 1.46. The Morgan fingerprint density at radius 2 is 1.79 bits per heavy atom. The van der Waals surface area contributed by atoms with Gasteiger partial charge in [-0.15, -0.1) is 0 Å². The van der Waals surface area contributed by atoms with E-state index in [2.05, 4.69) is 4.72 Å². The van der Waals surface area contributed by atoms with Crippen molar-refractivity contribution in [1.29, 1.82) is 0 Å². The molecule has 14 heavy (non-hydrogen) atoms. The Hall–Kier alpha value is -0.460. The molecule has 0 aromatic rings. The van der Waals surface area contributed by atoms with Gasteiger partial charge in [0, 0.05) is 32.0 Å². The van der Waals surface area contributed by atoms with Crippen molar-refractivity contribution in [3.63, 3.8) is 0 Å². The maximum Gasteiger partial charge on any atom is 0.279 e. The summed E-state index contributed by atoms with van der Waals surface area (Å²) < 4.78 is 27.3. The van der Waals surface area contributed by atoms with Gasteiger partial charge < -0.3 is 0 Å². The molecule has 0 spiro atoms. The smallest absolute Gasteiger partial charge is 0.279 e. The standard InChI is InChI=1S/C8H14N2O3S/c11-8-3-5-10(6-4-8)14(12,13)9-7-1-2-7/h7,9H,1-6H2. The molecule has 1 aliphatic heterocycles. The highest BCUT2D eigenvalue weighted by molar-refractivity contribution is 7.87. The maximum atomic E-state index is 11.6. The van der Waals surface area contributed by atoms with E-state index >= 15 is 0 Å². The van der Waals surface area contributed by atoms with Gasteiger partial charge in [0.25, 0.3) is 10.2 Å². The molecule has 1 aliphatic carbocycles. The summed E-state index contributed by atoms with van der Waals surface area (Å²) in [5, 5.41) is 0. The molecule has 2 aliphatic rings. The van der Waals surface area contributed by atoms with Gasteiger partial charge in [0.15, 0.2) is 0 Å². The van der Waals surface area contributed by atoms with Crippen LogP contribution in [0.5, 0.6) is 0 Å². The summed E-state index contributed by atoms with van der Waals surface area (Å²) in [5.74, 6) is 0.155. The quantitative estimate of drug-likeness (QED) is 0.704. The van der Waals surface area contributed by atoms with Gasteiger partial charge in [0.05, 0.1) is 0 Å². The van der Waals surface area contributed by atoms with Crippen LogP contribution in [0.25, 0.3) is 0 Å². The SMILES string of the molecule is O=C1CCN(S(=O)(=O)NC2CC2)CC1. The van der Waals surface area contributed by atoms with Crippen molar-refractivity contribution < 1.29 is 13.2 Å². The molecule has 80 valence electrons. The highest BCUT2D eigenvalue weighted by atomic mass is 32.2. The van der Waals surface area contributed by atoms with E-state index in [1.54, 1.807) is 0 Å². The average Bonchev–Trinajstić information content (AvgIpc) is 2.88. The van der Waals surface area contributed by atoms with E-state index in [1.807, 2.05) is 0 Å². The number of hydrogen-bond donors (Lipinski definition) is 1. The van der Waals surface area contributed by atoms with E-state index in [9.17, 15) is 13.2 Å². The Bertz CT molecular complexity index is 324. The number of nitrogens with one attached hydrogen (secondary N) is 1. The lowest BCUT2D eigenvalue weighted by atomic mass is 10.1. The van der Waals surface area contributed by atoms with Crippen molar-refractivity contribution in [2.75, 3.05) is 13.1 Å². The van der Waals surface area contributed by atoms with Gasteiger partial charge in [-0.1, -0.05) is 0 Å². The van der Waals surface area contributed by atoms with Crippen LogP contribution >= 0.6 is 0 Å². The van der Waals surface area contributed by atoms with Crippen LogP contribution in [-0.4, -0.2) is 37.6 Å². The lowest BCUT2D eigenvalue weighted by Gasteiger charge is -2.25. The van der Waals surface area contributed by atoms with Gasteiger partial charge in [0.2, 0.25) is 0 Å². The minimum absolute atomic E-state index is 0.137. The zero-order valence-electron chi connectivity index (χ0n) is 7.90. The highest BCUT2D eigenvalue weighted by Crippen LogP contribution is 2.21. The second kappa shape index (κ2) is 3.60. The monoisotopic (exact) mass is 218 g/mol. The minimum atomic E-state index is -3.31. The highest BCUT2D eigenvalue weighted by Gasteiger charge is 2.32. The molecule has 2 rings (SSSR count). The Balaban J connectivity index is 1.95. The number of piperidine rings is 1. The summed E-state index contributed by atoms with van der Waals surface area (Å²) in [4.78, 5) is 10.9. The molecule has 0 unspecified atom stereocenters. The van der Waals surface area contributed by atoms with Crippen LogP contribution in [-0.2, 0) is 15.0 Å². The molecular formula is C8H14N2O3S. The van der Waals surface area contributed by atoms with Gasteiger partial charge in [0.1, 0.15) is 5.78 Å². The molecule has 0 atom stereocenters. The molecule has 0 aromatic heterocycles. The summed E-state index contributed by atoms with van der Waals surface area (Å²) in [7, 11) is -3.31. The van der Waals surface area contributed by atoms with Gasteiger partial charge >= 0.3 is 0 Å². The van der Waals surface area contributed by atoms with Gasteiger partial charge in [-0.3, -0.25) is 4.79 Å².